The quantitative estimate of drug-likeness (QED) is 0.635. The van der Waals surface area contributed by atoms with E-state index in [0.29, 0.717) is 5.16 Å². The third-order valence-electron chi connectivity index (χ3n) is 2.13. The monoisotopic (exact) mass is 315 g/mol. The van der Waals surface area contributed by atoms with Crippen LogP contribution in [0, 0.1) is 0 Å². The first kappa shape index (κ1) is 17.4. The van der Waals surface area contributed by atoms with Gasteiger partial charge in [-0.1, -0.05) is 11.8 Å². The molecule has 0 aromatic carbocycles. The standard InChI is InChI=1S/C13H21N3O4S/c1-8(14-12(18)20-13(2,3)4)7-19-10-6-9(17)15-11(16-10)21-5/h6,8H,7H2,1-5H3,(H,14,18)(H,15,16,17)/t8-/m1/s1. The van der Waals surface area contributed by atoms with E-state index < -0.39 is 11.7 Å². The highest BCUT2D eigenvalue weighted by atomic mass is 32.2. The van der Waals surface area contributed by atoms with Gasteiger partial charge in [-0.3, -0.25) is 4.79 Å². The Morgan fingerprint density at radius 1 is 1.52 bits per heavy atom. The molecule has 1 aromatic heterocycles. The van der Waals surface area contributed by atoms with Crippen LogP contribution in [0.25, 0.3) is 0 Å². The Labute approximate surface area is 127 Å². The Morgan fingerprint density at radius 3 is 2.76 bits per heavy atom. The number of nitrogens with zero attached hydrogens (tertiary/aromatic N) is 1. The van der Waals surface area contributed by atoms with E-state index in [1.165, 1.54) is 17.8 Å². The van der Waals surface area contributed by atoms with Gasteiger partial charge in [0.1, 0.15) is 12.2 Å². The van der Waals surface area contributed by atoms with Crippen LogP contribution in [-0.2, 0) is 4.74 Å². The number of aromatic amines is 1. The zero-order valence-electron chi connectivity index (χ0n) is 12.9. The average molecular weight is 315 g/mol. The van der Waals surface area contributed by atoms with Crippen LogP contribution in [0.3, 0.4) is 0 Å². The van der Waals surface area contributed by atoms with E-state index in [2.05, 4.69) is 15.3 Å². The number of thioether (sulfide) groups is 1. The summed E-state index contributed by atoms with van der Waals surface area (Å²) in [7, 11) is 0. The van der Waals surface area contributed by atoms with Crippen LogP contribution >= 0.6 is 11.8 Å². The van der Waals surface area contributed by atoms with E-state index in [9.17, 15) is 9.59 Å². The summed E-state index contributed by atoms with van der Waals surface area (Å²) in [4.78, 5) is 29.6. The maximum absolute atomic E-state index is 11.6. The molecule has 0 aliphatic carbocycles. The Hall–Kier alpha value is -1.70. The molecule has 1 atom stereocenters. The van der Waals surface area contributed by atoms with Crippen LogP contribution in [0.5, 0.6) is 5.88 Å². The molecule has 1 rings (SSSR count). The number of hydrogen-bond donors (Lipinski definition) is 2. The minimum absolute atomic E-state index is 0.184. The largest absolute Gasteiger partial charge is 0.475 e. The molecule has 8 heteroatoms. The SMILES string of the molecule is CSc1nc(OC[C@@H](C)NC(=O)OC(C)(C)C)cc(=O)[nH]1. The predicted molar refractivity (Wildman–Crippen MR) is 81.0 cm³/mol. The molecule has 1 aromatic rings. The van der Waals surface area contributed by atoms with E-state index in [1.54, 1.807) is 34.0 Å². The molecule has 0 spiro atoms. The maximum atomic E-state index is 11.6. The second-order valence-corrected chi connectivity index (χ2v) is 6.25. The fourth-order valence-electron chi connectivity index (χ4n) is 1.35. The van der Waals surface area contributed by atoms with Gasteiger partial charge in [0.2, 0.25) is 5.88 Å². The highest BCUT2D eigenvalue weighted by Gasteiger charge is 2.18. The summed E-state index contributed by atoms with van der Waals surface area (Å²) in [5.41, 5.74) is -0.830. The van der Waals surface area contributed by atoms with E-state index >= 15 is 0 Å². The molecule has 118 valence electrons. The number of carbonyl (C=O) groups excluding carboxylic acids is 1. The zero-order chi connectivity index (χ0) is 16.0. The molecule has 2 N–H and O–H groups in total. The van der Waals surface area contributed by atoms with E-state index in [-0.39, 0.29) is 24.1 Å². The summed E-state index contributed by atoms with van der Waals surface area (Å²) < 4.78 is 10.5. The van der Waals surface area contributed by atoms with Crippen molar-refractivity contribution >= 4 is 17.9 Å². The Bertz CT molecular complexity index is 539. The minimum atomic E-state index is -0.549. The summed E-state index contributed by atoms with van der Waals surface area (Å²) in [5, 5.41) is 3.12. The normalized spacial score (nSPS) is 12.6. The van der Waals surface area contributed by atoms with E-state index in [4.69, 9.17) is 9.47 Å². The van der Waals surface area contributed by atoms with Gasteiger partial charge in [-0.25, -0.2) is 4.79 Å². The highest BCUT2D eigenvalue weighted by molar-refractivity contribution is 7.98. The molecule has 0 fully saturated rings. The molecule has 0 unspecified atom stereocenters. The average Bonchev–Trinajstić information content (AvgIpc) is 2.33. The van der Waals surface area contributed by atoms with Crippen molar-refractivity contribution in [1.29, 1.82) is 0 Å². The van der Waals surface area contributed by atoms with Crippen LogP contribution in [0.4, 0.5) is 4.79 Å². The van der Waals surface area contributed by atoms with Crippen LogP contribution in [0.15, 0.2) is 16.0 Å². The van der Waals surface area contributed by atoms with Gasteiger partial charge in [0.15, 0.2) is 5.16 Å². The lowest BCUT2D eigenvalue weighted by Crippen LogP contribution is -2.40. The molecule has 1 amide bonds. The first-order chi connectivity index (χ1) is 9.69. The van der Waals surface area contributed by atoms with Gasteiger partial charge >= 0.3 is 6.09 Å². The number of nitrogens with one attached hydrogen (secondary N) is 2. The van der Waals surface area contributed by atoms with Crippen LogP contribution < -0.4 is 15.6 Å². The molecule has 0 aliphatic rings. The summed E-state index contributed by atoms with van der Waals surface area (Å²) in [6.07, 6.45) is 1.29. The number of amides is 1. The topological polar surface area (TPSA) is 93.3 Å². The van der Waals surface area contributed by atoms with Gasteiger partial charge in [0, 0.05) is 0 Å². The fourth-order valence-corrected chi connectivity index (χ4v) is 1.73. The summed E-state index contributed by atoms with van der Waals surface area (Å²) in [5.74, 6) is 0.223. The van der Waals surface area contributed by atoms with Gasteiger partial charge in [-0.2, -0.15) is 4.98 Å². The lowest BCUT2D eigenvalue weighted by Gasteiger charge is -2.21. The third-order valence-corrected chi connectivity index (χ3v) is 2.71. The fraction of sp³-hybridized carbons (Fsp3) is 0.615. The van der Waals surface area contributed by atoms with Crippen molar-refractivity contribution in [2.45, 2.75) is 44.5 Å². The van der Waals surface area contributed by atoms with Crippen molar-refractivity contribution in [2.75, 3.05) is 12.9 Å². The van der Waals surface area contributed by atoms with Crippen LogP contribution in [0.2, 0.25) is 0 Å². The van der Waals surface area contributed by atoms with Gasteiger partial charge in [0.25, 0.3) is 5.56 Å². The first-order valence-corrected chi connectivity index (χ1v) is 7.70. The number of H-pyrrole nitrogens is 1. The molecule has 0 bridgehead atoms. The Balaban J connectivity index is 2.50. The molecule has 1 heterocycles. The Morgan fingerprint density at radius 2 is 2.19 bits per heavy atom. The maximum Gasteiger partial charge on any atom is 0.407 e. The lowest BCUT2D eigenvalue weighted by molar-refractivity contribution is 0.0493. The molecular weight excluding hydrogens is 294 g/mol. The lowest BCUT2D eigenvalue weighted by atomic mass is 10.2. The summed E-state index contributed by atoms with van der Waals surface area (Å²) in [6.45, 7) is 7.32. The van der Waals surface area contributed by atoms with Gasteiger partial charge < -0.3 is 19.8 Å². The second kappa shape index (κ2) is 7.35. The van der Waals surface area contributed by atoms with Gasteiger partial charge in [0.05, 0.1) is 12.1 Å². The van der Waals surface area contributed by atoms with Crippen molar-refractivity contribution in [1.82, 2.24) is 15.3 Å². The molecule has 7 nitrogen and oxygen atoms in total. The number of ether oxygens (including phenoxy) is 2. The number of rotatable bonds is 5. The number of aromatic nitrogens is 2. The summed E-state index contributed by atoms with van der Waals surface area (Å²) in [6, 6.07) is 0.985. The molecule has 21 heavy (non-hydrogen) atoms. The van der Waals surface area contributed by atoms with Crippen molar-refractivity contribution in [3.63, 3.8) is 0 Å². The van der Waals surface area contributed by atoms with Crippen molar-refractivity contribution in [2.24, 2.45) is 0 Å². The smallest absolute Gasteiger partial charge is 0.407 e. The number of alkyl carbamates (subject to hydrolysis) is 1. The van der Waals surface area contributed by atoms with Crippen molar-refractivity contribution in [3.8, 4) is 5.88 Å². The van der Waals surface area contributed by atoms with Crippen molar-refractivity contribution < 1.29 is 14.3 Å². The number of hydrogen-bond acceptors (Lipinski definition) is 6. The Kier molecular flexibility index (Phi) is 6.07. The zero-order valence-corrected chi connectivity index (χ0v) is 13.7. The van der Waals surface area contributed by atoms with E-state index in [0.717, 1.165) is 0 Å². The molecule has 0 radical (unpaired) electrons. The minimum Gasteiger partial charge on any atom is -0.475 e. The first-order valence-electron chi connectivity index (χ1n) is 6.47. The van der Waals surface area contributed by atoms with Crippen LogP contribution in [0.1, 0.15) is 27.7 Å². The van der Waals surface area contributed by atoms with Gasteiger partial charge in [-0.15, -0.1) is 0 Å². The molecule has 0 aliphatic heterocycles. The number of carbonyl (C=O) groups is 1. The molecule has 0 saturated heterocycles. The third kappa shape index (κ3) is 7.03. The van der Waals surface area contributed by atoms with Gasteiger partial charge in [-0.05, 0) is 34.0 Å². The van der Waals surface area contributed by atoms with Crippen LogP contribution in [-0.4, -0.2) is 40.6 Å². The predicted octanol–water partition coefficient (Wildman–Crippen LogP) is 1.78. The molecular formula is C13H21N3O4S. The molecule has 0 saturated carbocycles. The highest BCUT2D eigenvalue weighted by Crippen LogP contribution is 2.10. The second-order valence-electron chi connectivity index (χ2n) is 5.45. The van der Waals surface area contributed by atoms with Crippen molar-refractivity contribution in [3.05, 3.63) is 16.4 Å². The van der Waals surface area contributed by atoms with E-state index in [1.807, 2.05) is 0 Å². The summed E-state index contributed by atoms with van der Waals surface area (Å²) >= 11 is 1.31.